The number of rotatable bonds is 6. The molecule has 2 rings (SSSR count). The molecule has 0 saturated carbocycles. The molecule has 1 aromatic heterocycles. The number of nitrogens with two attached hydrogens (primary N) is 1. The fourth-order valence-corrected chi connectivity index (χ4v) is 3.38. The number of hydrogen-bond acceptors (Lipinski definition) is 6. The number of carbonyl (C=O) groups excluding carboxylic acids is 1. The van der Waals surface area contributed by atoms with Gasteiger partial charge in [0, 0.05) is 31.0 Å². The summed E-state index contributed by atoms with van der Waals surface area (Å²) in [7, 11) is -3.59. The van der Waals surface area contributed by atoms with E-state index in [1.165, 1.54) is 42.5 Å². The number of nitrogen functional groups attached to an aromatic ring is 1. The maximum atomic E-state index is 12.1. The Morgan fingerprint density at radius 3 is 2.55 bits per heavy atom. The van der Waals surface area contributed by atoms with Crippen molar-refractivity contribution < 1.29 is 13.2 Å². The lowest BCUT2D eigenvalue weighted by molar-refractivity contribution is -0.114. The van der Waals surface area contributed by atoms with Crippen LogP contribution in [0.3, 0.4) is 0 Å². The van der Waals surface area contributed by atoms with E-state index in [-0.39, 0.29) is 17.3 Å². The van der Waals surface area contributed by atoms with Gasteiger partial charge in [0.05, 0.1) is 10.6 Å². The van der Waals surface area contributed by atoms with Gasteiger partial charge in [0.1, 0.15) is 0 Å². The van der Waals surface area contributed by atoms with Crippen LogP contribution in [-0.2, 0) is 21.2 Å². The second-order valence-corrected chi connectivity index (χ2v) is 7.19. The van der Waals surface area contributed by atoms with Crippen molar-refractivity contribution in [3.63, 3.8) is 0 Å². The summed E-state index contributed by atoms with van der Waals surface area (Å²) in [5.74, 6) is -0.212. The molecule has 0 unspecified atom stereocenters. The van der Waals surface area contributed by atoms with Gasteiger partial charge in [0.2, 0.25) is 15.9 Å². The van der Waals surface area contributed by atoms with Gasteiger partial charge >= 0.3 is 0 Å². The minimum absolute atomic E-state index is 0.138. The fourth-order valence-electron chi connectivity index (χ4n) is 1.75. The summed E-state index contributed by atoms with van der Waals surface area (Å²) in [5, 5.41) is 4.84. The smallest absolute Gasteiger partial charge is 0.240 e. The first-order valence-electron chi connectivity index (χ1n) is 6.44. The number of aromatic nitrogens is 1. The first kappa shape index (κ1) is 16.4. The minimum atomic E-state index is -3.59. The molecule has 0 spiro atoms. The highest BCUT2D eigenvalue weighted by Crippen LogP contribution is 2.14. The van der Waals surface area contributed by atoms with Crippen LogP contribution in [-0.4, -0.2) is 25.9 Å². The van der Waals surface area contributed by atoms with Gasteiger partial charge in [-0.1, -0.05) is 0 Å². The number of nitrogens with one attached hydrogen (secondary N) is 2. The molecule has 0 aliphatic heterocycles. The van der Waals surface area contributed by atoms with Gasteiger partial charge in [0.15, 0.2) is 5.13 Å². The third-order valence-electron chi connectivity index (χ3n) is 2.73. The highest BCUT2D eigenvalue weighted by Gasteiger charge is 2.13. The molecule has 0 atom stereocenters. The quantitative estimate of drug-likeness (QED) is 0.731. The maximum absolute atomic E-state index is 12.1. The van der Waals surface area contributed by atoms with E-state index < -0.39 is 10.0 Å². The molecule has 1 heterocycles. The zero-order valence-corrected chi connectivity index (χ0v) is 13.5. The molecular formula is C13H16N4O3S2. The van der Waals surface area contributed by atoms with Crippen molar-refractivity contribution >= 4 is 38.1 Å². The topological polar surface area (TPSA) is 114 Å². The van der Waals surface area contributed by atoms with Crippen LogP contribution in [0.1, 0.15) is 12.6 Å². The monoisotopic (exact) mass is 340 g/mol. The second-order valence-electron chi connectivity index (χ2n) is 4.53. The van der Waals surface area contributed by atoms with Crippen LogP contribution in [0.5, 0.6) is 0 Å². The molecule has 0 bridgehead atoms. The summed E-state index contributed by atoms with van der Waals surface area (Å²) in [4.78, 5) is 15.1. The number of thiazole rings is 1. The summed E-state index contributed by atoms with van der Waals surface area (Å²) in [6, 6.07) is 5.96. The zero-order valence-electron chi connectivity index (χ0n) is 11.9. The van der Waals surface area contributed by atoms with E-state index in [0.717, 1.165) is 5.69 Å². The van der Waals surface area contributed by atoms with Crippen molar-refractivity contribution in [2.45, 2.75) is 18.2 Å². The van der Waals surface area contributed by atoms with Crippen molar-refractivity contribution in [3.05, 3.63) is 35.3 Å². The summed E-state index contributed by atoms with van der Waals surface area (Å²) in [6.07, 6.45) is 0.469. The Hall–Kier alpha value is -1.97. The van der Waals surface area contributed by atoms with Crippen LogP contribution < -0.4 is 15.8 Å². The van der Waals surface area contributed by atoms with E-state index in [9.17, 15) is 13.2 Å². The van der Waals surface area contributed by atoms with Crippen LogP contribution in [0.25, 0.3) is 0 Å². The van der Waals surface area contributed by atoms with Gasteiger partial charge < -0.3 is 11.1 Å². The van der Waals surface area contributed by atoms with Crippen LogP contribution in [0.2, 0.25) is 0 Å². The number of hydrogen-bond donors (Lipinski definition) is 3. The van der Waals surface area contributed by atoms with E-state index in [4.69, 9.17) is 5.73 Å². The third-order valence-corrected chi connectivity index (χ3v) is 4.93. The molecule has 7 nitrogen and oxygen atoms in total. The van der Waals surface area contributed by atoms with Gasteiger partial charge in [0.25, 0.3) is 0 Å². The average molecular weight is 340 g/mol. The van der Waals surface area contributed by atoms with E-state index in [0.29, 0.717) is 17.2 Å². The van der Waals surface area contributed by atoms with Crippen molar-refractivity contribution in [2.75, 3.05) is 17.6 Å². The Morgan fingerprint density at radius 1 is 1.32 bits per heavy atom. The van der Waals surface area contributed by atoms with Crippen LogP contribution in [0, 0.1) is 0 Å². The first-order valence-corrected chi connectivity index (χ1v) is 8.80. The fraction of sp³-hybridized carbons (Fsp3) is 0.231. The van der Waals surface area contributed by atoms with Gasteiger partial charge in [-0.2, -0.15) is 0 Å². The Labute approximate surface area is 132 Å². The molecular weight excluding hydrogens is 324 g/mol. The molecule has 4 N–H and O–H groups in total. The van der Waals surface area contributed by atoms with E-state index in [1.54, 1.807) is 5.38 Å². The number of benzene rings is 1. The lowest BCUT2D eigenvalue weighted by Crippen LogP contribution is -2.26. The molecule has 0 fully saturated rings. The number of anilines is 2. The molecule has 1 aromatic carbocycles. The van der Waals surface area contributed by atoms with Crippen molar-refractivity contribution in [1.29, 1.82) is 0 Å². The molecule has 9 heteroatoms. The number of carbonyl (C=O) groups is 1. The summed E-state index contributed by atoms with van der Waals surface area (Å²) < 4.78 is 26.7. The van der Waals surface area contributed by atoms with Gasteiger partial charge in [-0.3, -0.25) is 4.79 Å². The van der Waals surface area contributed by atoms with Crippen molar-refractivity contribution in [1.82, 2.24) is 9.71 Å². The average Bonchev–Trinajstić information content (AvgIpc) is 2.84. The summed E-state index contributed by atoms with van der Waals surface area (Å²) >= 11 is 1.32. The van der Waals surface area contributed by atoms with Crippen LogP contribution in [0.4, 0.5) is 10.8 Å². The van der Waals surface area contributed by atoms with Gasteiger partial charge in [-0.05, 0) is 24.3 Å². The van der Waals surface area contributed by atoms with Crippen molar-refractivity contribution in [3.8, 4) is 0 Å². The molecule has 0 aliphatic rings. The number of sulfonamides is 1. The normalized spacial score (nSPS) is 11.3. The third kappa shape index (κ3) is 4.52. The minimum Gasteiger partial charge on any atom is -0.375 e. The van der Waals surface area contributed by atoms with E-state index in [1.807, 2.05) is 0 Å². The molecule has 0 aliphatic carbocycles. The summed E-state index contributed by atoms with van der Waals surface area (Å²) in [5.41, 5.74) is 6.82. The van der Waals surface area contributed by atoms with Crippen LogP contribution in [0.15, 0.2) is 34.5 Å². The Bertz CT molecular complexity index is 754. The highest BCUT2D eigenvalue weighted by atomic mass is 32.2. The predicted molar refractivity (Wildman–Crippen MR) is 86.2 cm³/mol. The number of nitrogens with zero attached hydrogens (tertiary/aromatic N) is 1. The molecule has 0 radical (unpaired) electrons. The predicted octanol–water partition coefficient (Wildman–Crippen LogP) is 1.20. The Kier molecular flexibility index (Phi) is 5.11. The maximum Gasteiger partial charge on any atom is 0.240 e. The molecule has 0 saturated heterocycles. The largest absolute Gasteiger partial charge is 0.375 e. The Morgan fingerprint density at radius 2 is 2.00 bits per heavy atom. The molecule has 118 valence electrons. The lowest BCUT2D eigenvalue weighted by Gasteiger charge is -2.07. The lowest BCUT2D eigenvalue weighted by atomic mass is 10.3. The van der Waals surface area contributed by atoms with Gasteiger partial charge in [-0.25, -0.2) is 18.1 Å². The van der Waals surface area contributed by atoms with Crippen LogP contribution >= 0.6 is 11.3 Å². The number of amides is 1. The van der Waals surface area contributed by atoms with Gasteiger partial charge in [-0.15, -0.1) is 11.3 Å². The molecule has 22 heavy (non-hydrogen) atoms. The van der Waals surface area contributed by atoms with E-state index >= 15 is 0 Å². The Balaban J connectivity index is 1.96. The van der Waals surface area contributed by atoms with E-state index in [2.05, 4.69) is 15.0 Å². The first-order chi connectivity index (χ1) is 10.4. The second kappa shape index (κ2) is 6.86. The summed E-state index contributed by atoms with van der Waals surface area (Å²) in [6.45, 7) is 1.62. The zero-order chi connectivity index (χ0) is 16.2. The molecule has 1 amide bonds. The standard InChI is InChI=1S/C13H16N4O3S2/c1-9(18)16-10-2-4-12(5-3-10)22(19,20)15-7-6-11-8-21-13(14)17-11/h2-5,8,15H,6-7H2,1H3,(H2,14,17)(H,16,18). The molecule has 2 aromatic rings. The SMILES string of the molecule is CC(=O)Nc1ccc(S(=O)(=O)NCCc2csc(N)n2)cc1. The highest BCUT2D eigenvalue weighted by molar-refractivity contribution is 7.89. The van der Waals surface area contributed by atoms with Crippen molar-refractivity contribution in [2.24, 2.45) is 0 Å².